The summed E-state index contributed by atoms with van der Waals surface area (Å²) in [5, 5.41) is 8.76. The minimum absolute atomic E-state index is 0.0466. The molecular formula is C21H25FN6O. The number of aromatic nitrogens is 5. The van der Waals surface area contributed by atoms with E-state index < -0.39 is 0 Å². The van der Waals surface area contributed by atoms with Gasteiger partial charge in [-0.3, -0.25) is 4.79 Å². The third-order valence-electron chi connectivity index (χ3n) is 5.31. The number of benzene rings is 1. The highest BCUT2D eigenvalue weighted by Crippen LogP contribution is 2.21. The molecule has 1 aliphatic rings. The van der Waals surface area contributed by atoms with Gasteiger partial charge in [0.25, 0.3) is 5.91 Å². The van der Waals surface area contributed by atoms with Crippen LogP contribution in [0.15, 0.2) is 36.8 Å². The van der Waals surface area contributed by atoms with Crippen LogP contribution in [0.5, 0.6) is 0 Å². The molecule has 0 spiro atoms. The van der Waals surface area contributed by atoms with E-state index >= 15 is 0 Å². The van der Waals surface area contributed by atoms with Gasteiger partial charge in [-0.1, -0.05) is 12.8 Å². The summed E-state index contributed by atoms with van der Waals surface area (Å²) in [6, 6.07) is 6.34. The van der Waals surface area contributed by atoms with E-state index in [1.54, 1.807) is 29.2 Å². The summed E-state index contributed by atoms with van der Waals surface area (Å²) in [5.74, 6) is 1.29. The Morgan fingerprint density at radius 2 is 1.76 bits per heavy atom. The first-order valence-electron chi connectivity index (χ1n) is 10.1. The van der Waals surface area contributed by atoms with Crippen LogP contribution in [0.25, 0.3) is 11.4 Å². The van der Waals surface area contributed by atoms with E-state index in [0.717, 1.165) is 49.4 Å². The summed E-state index contributed by atoms with van der Waals surface area (Å²) in [5.41, 5.74) is 1.32. The molecule has 0 bridgehead atoms. The standard InChI is InChI=1S/C21H25FN6O/c1-26-14-18(23-15-26)21(29)27-11-4-2-3-5-12-28-19(10-13-27)24-25-20(28)16-6-8-17(22)9-7-16/h6-9,14-15H,2-5,10-13H2,1H3. The predicted octanol–water partition coefficient (Wildman–Crippen LogP) is 3.08. The van der Waals surface area contributed by atoms with Gasteiger partial charge < -0.3 is 14.0 Å². The first kappa shape index (κ1) is 19.3. The Hall–Kier alpha value is -3.03. The van der Waals surface area contributed by atoms with Crippen LogP contribution >= 0.6 is 0 Å². The molecule has 0 radical (unpaired) electrons. The van der Waals surface area contributed by atoms with E-state index in [1.807, 2.05) is 11.9 Å². The second-order valence-electron chi connectivity index (χ2n) is 7.48. The minimum atomic E-state index is -0.269. The number of carbonyl (C=O) groups is 1. The number of imidazole rings is 1. The van der Waals surface area contributed by atoms with Crippen molar-refractivity contribution >= 4 is 5.91 Å². The van der Waals surface area contributed by atoms with Gasteiger partial charge in [0.1, 0.15) is 17.3 Å². The lowest BCUT2D eigenvalue weighted by atomic mass is 10.1. The van der Waals surface area contributed by atoms with Crippen molar-refractivity contribution in [2.75, 3.05) is 13.1 Å². The molecule has 3 heterocycles. The summed E-state index contributed by atoms with van der Waals surface area (Å²) < 4.78 is 17.2. The molecule has 7 nitrogen and oxygen atoms in total. The Labute approximate surface area is 169 Å². The van der Waals surface area contributed by atoms with Gasteiger partial charge in [-0.15, -0.1) is 10.2 Å². The lowest BCUT2D eigenvalue weighted by Crippen LogP contribution is -2.34. The zero-order valence-electron chi connectivity index (χ0n) is 16.6. The fraction of sp³-hybridized carbons (Fsp3) is 0.429. The summed E-state index contributed by atoms with van der Waals surface area (Å²) >= 11 is 0. The third kappa shape index (κ3) is 4.36. The molecule has 2 aromatic heterocycles. The van der Waals surface area contributed by atoms with Crippen LogP contribution in [0.1, 0.15) is 42.0 Å². The molecule has 0 N–H and O–H groups in total. The molecule has 8 heteroatoms. The Morgan fingerprint density at radius 3 is 2.48 bits per heavy atom. The molecular weight excluding hydrogens is 371 g/mol. The number of rotatable bonds is 2. The highest BCUT2D eigenvalue weighted by atomic mass is 19.1. The van der Waals surface area contributed by atoms with Crippen molar-refractivity contribution in [1.29, 1.82) is 0 Å². The number of fused-ring (bicyclic) bond motifs is 1. The average Bonchev–Trinajstić information content (AvgIpc) is 3.32. The van der Waals surface area contributed by atoms with Crippen LogP contribution in [0.2, 0.25) is 0 Å². The molecule has 0 unspecified atom stereocenters. The molecule has 0 saturated carbocycles. The molecule has 0 aliphatic carbocycles. The monoisotopic (exact) mass is 396 g/mol. The second-order valence-corrected chi connectivity index (χ2v) is 7.48. The first-order chi connectivity index (χ1) is 14.1. The fourth-order valence-electron chi connectivity index (χ4n) is 3.73. The van der Waals surface area contributed by atoms with Crippen molar-refractivity contribution in [3.05, 3.63) is 54.1 Å². The number of carbonyl (C=O) groups excluding carboxylic acids is 1. The van der Waals surface area contributed by atoms with Gasteiger partial charge in [-0.25, -0.2) is 9.37 Å². The van der Waals surface area contributed by atoms with Crippen LogP contribution in [0.4, 0.5) is 4.39 Å². The van der Waals surface area contributed by atoms with Gasteiger partial charge >= 0.3 is 0 Å². The maximum absolute atomic E-state index is 13.3. The third-order valence-corrected chi connectivity index (χ3v) is 5.31. The summed E-state index contributed by atoms with van der Waals surface area (Å²) in [4.78, 5) is 19.0. The molecule has 3 aromatic rings. The van der Waals surface area contributed by atoms with E-state index in [0.29, 0.717) is 25.2 Å². The molecule has 0 fully saturated rings. The van der Waals surface area contributed by atoms with E-state index in [1.165, 1.54) is 12.1 Å². The molecule has 1 aliphatic heterocycles. The highest BCUT2D eigenvalue weighted by molar-refractivity contribution is 5.92. The van der Waals surface area contributed by atoms with Crippen molar-refractivity contribution < 1.29 is 9.18 Å². The lowest BCUT2D eigenvalue weighted by Gasteiger charge is -2.21. The highest BCUT2D eigenvalue weighted by Gasteiger charge is 2.21. The van der Waals surface area contributed by atoms with E-state index in [4.69, 9.17) is 0 Å². The largest absolute Gasteiger partial charge is 0.340 e. The first-order valence-corrected chi connectivity index (χ1v) is 10.1. The van der Waals surface area contributed by atoms with Crippen molar-refractivity contribution in [2.45, 2.75) is 38.6 Å². The smallest absolute Gasteiger partial charge is 0.274 e. The van der Waals surface area contributed by atoms with Gasteiger partial charge in [0.15, 0.2) is 5.82 Å². The van der Waals surface area contributed by atoms with E-state index in [-0.39, 0.29) is 11.7 Å². The number of halogens is 1. The Balaban J connectivity index is 1.58. The van der Waals surface area contributed by atoms with Crippen molar-refractivity contribution in [1.82, 2.24) is 29.2 Å². The maximum atomic E-state index is 13.3. The molecule has 1 aromatic carbocycles. The topological polar surface area (TPSA) is 68.8 Å². The Morgan fingerprint density at radius 1 is 1.00 bits per heavy atom. The van der Waals surface area contributed by atoms with Gasteiger partial charge in [-0.05, 0) is 37.1 Å². The molecule has 1 amide bonds. The quantitative estimate of drug-likeness (QED) is 0.668. The minimum Gasteiger partial charge on any atom is -0.340 e. The Bertz CT molecular complexity index is 977. The van der Waals surface area contributed by atoms with Gasteiger partial charge in [-0.2, -0.15) is 0 Å². The van der Waals surface area contributed by atoms with E-state index in [2.05, 4.69) is 19.7 Å². The van der Waals surface area contributed by atoms with Gasteiger partial charge in [0.05, 0.1) is 6.33 Å². The van der Waals surface area contributed by atoms with Crippen LogP contribution in [0, 0.1) is 5.82 Å². The van der Waals surface area contributed by atoms with E-state index in [9.17, 15) is 9.18 Å². The van der Waals surface area contributed by atoms with Crippen molar-refractivity contribution in [3.8, 4) is 11.4 Å². The average molecular weight is 396 g/mol. The van der Waals surface area contributed by atoms with Crippen molar-refractivity contribution in [2.24, 2.45) is 7.05 Å². The van der Waals surface area contributed by atoms with Gasteiger partial charge in [0, 0.05) is 44.9 Å². The zero-order chi connectivity index (χ0) is 20.2. The fourth-order valence-corrected chi connectivity index (χ4v) is 3.73. The Kier molecular flexibility index (Phi) is 5.69. The summed E-state index contributed by atoms with van der Waals surface area (Å²) in [6.07, 6.45) is 8.15. The van der Waals surface area contributed by atoms with Crippen LogP contribution in [-0.4, -0.2) is 48.2 Å². The molecule has 0 saturated heterocycles. The lowest BCUT2D eigenvalue weighted by molar-refractivity contribution is 0.0748. The van der Waals surface area contributed by atoms with Gasteiger partial charge in [0.2, 0.25) is 0 Å². The van der Waals surface area contributed by atoms with Crippen molar-refractivity contribution in [3.63, 3.8) is 0 Å². The normalized spacial score (nSPS) is 15.6. The van der Waals surface area contributed by atoms with Crippen LogP contribution in [-0.2, 0) is 20.0 Å². The molecule has 0 atom stereocenters. The predicted molar refractivity (Wildman–Crippen MR) is 107 cm³/mol. The number of hydrogen-bond donors (Lipinski definition) is 0. The number of amides is 1. The summed E-state index contributed by atoms with van der Waals surface area (Å²) in [7, 11) is 1.86. The SMILES string of the molecule is Cn1cnc(C(=O)N2CCCCCCn3c(nnc3-c3ccc(F)cc3)CC2)c1. The maximum Gasteiger partial charge on any atom is 0.274 e. The molecule has 152 valence electrons. The second kappa shape index (κ2) is 8.55. The number of nitrogens with zero attached hydrogens (tertiary/aromatic N) is 6. The van der Waals surface area contributed by atoms with Crippen LogP contribution in [0.3, 0.4) is 0 Å². The molecule has 29 heavy (non-hydrogen) atoms. The summed E-state index contributed by atoms with van der Waals surface area (Å²) in [6.45, 7) is 2.11. The van der Waals surface area contributed by atoms with Crippen LogP contribution < -0.4 is 0 Å². The number of hydrogen-bond acceptors (Lipinski definition) is 4. The number of aryl methyl sites for hydroxylation is 1. The molecule has 4 rings (SSSR count). The zero-order valence-corrected chi connectivity index (χ0v) is 16.6.